The van der Waals surface area contributed by atoms with E-state index in [9.17, 15) is 4.79 Å². The third-order valence-corrected chi connectivity index (χ3v) is 6.28. The first-order valence-corrected chi connectivity index (χ1v) is 10.6. The molecule has 4 rings (SSSR count). The van der Waals surface area contributed by atoms with Crippen LogP contribution in [-0.2, 0) is 11.2 Å². The molecule has 1 aliphatic rings. The Morgan fingerprint density at radius 3 is 2.56 bits per heavy atom. The van der Waals surface area contributed by atoms with Gasteiger partial charge in [0.2, 0.25) is 5.91 Å². The Morgan fingerprint density at radius 1 is 1.07 bits per heavy atom. The smallest absolute Gasteiger partial charge is 0.231 e. The first-order chi connectivity index (χ1) is 13.2. The van der Waals surface area contributed by atoms with Crippen molar-refractivity contribution in [2.45, 2.75) is 13.3 Å². The number of benzene rings is 2. The van der Waals surface area contributed by atoms with Gasteiger partial charge >= 0.3 is 0 Å². The lowest BCUT2D eigenvalue weighted by Crippen LogP contribution is -2.29. The van der Waals surface area contributed by atoms with Crippen LogP contribution in [0.2, 0.25) is 0 Å². The molecule has 1 amide bonds. The second kappa shape index (κ2) is 8.06. The SMILES string of the molecule is Cc1ccc(-c2sc(-c3ccccc3)nc2CC(=O)NC2=NCCS2)cc1. The van der Waals surface area contributed by atoms with Gasteiger partial charge in [-0.15, -0.1) is 11.3 Å². The molecule has 1 aromatic heterocycles. The lowest BCUT2D eigenvalue weighted by atomic mass is 10.1. The summed E-state index contributed by atoms with van der Waals surface area (Å²) >= 11 is 3.22. The van der Waals surface area contributed by atoms with Gasteiger partial charge < -0.3 is 5.32 Å². The number of amides is 1. The van der Waals surface area contributed by atoms with Gasteiger partial charge in [-0.3, -0.25) is 9.79 Å². The maximum absolute atomic E-state index is 12.5. The highest BCUT2D eigenvalue weighted by atomic mass is 32.2. The molecule has 2 heterocycles. The lowest BCUT2D eigenvalue weighted by Gasteiger charge is -2.05. The van der Waals surface area contributed by atoms with Gasteiger partial charge in [-0.05, 0) is 12.5 Å². The van der Waals surface area contributed by atoms with Gasteiger partial charge in [0.05, 0.1) is 23.5 Å². The molecule has 6 heteroatoms. The molecule has 0 aliphatic carbocycles. The number of thioether (sulfide) groups is 1. The van der Waals surface area contributed by atoms with Gasteiger partial charge in [0.1, 0.15) is 5.01 Å². The van der Waals surface area contributed by atoms with Crippen molar-refractivity contribution in [3.8, 4) is 21.0 Å². The molecule has 0 unspecified atom stereocenters. The van der Waals surface area contributed by atoms with Crippen molar-refractivity contribution in [2.75, 3.05) is 12.3 Å². The van der Waals surface area contributed by atoms with E-state index in [2.05, 4.69) is 41.5 Å². The molecule has 0 saturated carbocycles. The summed E-state index contributed by atoms with van der Waals surface area (Å²) in [6.45, 7) is 2.84. The number of carbonyl (C=O) groups excluding carboxylic acids is 1. The number of aliphatic imine (C=N–C) groups is 1. The van der Waals surface area contributed by atoms with Crippen LogP contribution >= 0.6 is 23.1 Å². The van der Waals surface area contributed by atoms with Crippen molar-refractivity contribution in [3.05, 3.63) is 65.9 Å². The van der Waals surface area contributed by atoms with Crippen molar-refractivity contribution < 1.29 is 4.79 Å². The zero-order valence-electron chi connectivity index (χ0n) is 14.9. The third kappa shape index (κ3) is 4.28. The van der Waals surface area contributed by atoms with Crippen LogP contribution in [0.25, 0.3) is 21.0 Å². The molecule has 136 valence electrons. The lowest BCUT2D eigenvalue weighted by molar-refractivity contribution is -0.119. The maximum Gasteiger partial charge on any atom is 0.231 e. The molecule has 1 aliphatic heterocycles. The van der Waals surface area contributed by atoms with Gasteiger partial charge in [0.15, 0.2) is 5.17 Å². The number of aryl methyl sites for hydroxylation is 1. The van der Waals surface area contributed by atoms with E-state index >= 15 is 0 Å². The summed E-state index contributed by atoms with van der Waals surface area (Å²) in [5.74, 6) is 0.862. The number of thiazole rings is 1. The summed E-state index contributed by atoms with van der Waals surface area (Å²) in [6.07, 6.45) is 0.242. The number of nitrogens with zero attached hydrogens (tertiary/aromatic N) is 2. The second-order valence-corrected chi connectivity index (χ2v) is 8.37. The highest BCUT2D eigenvalue weighted by Gasteiger charge is 2.18. The molecular formula is C21H19N3OS2. The highest BCUT2D eigenvalue weighted by Crippen LogP contribution is 2.36. The summed E-state index contributed by atoms with van der Waals surface area (Å²) in [6, 6.07) is 18.5. The van der Waals surface area contributed by atoms with Crippen LogP contribution in [0.15, 0.2) is 59.6 Å². The minimum Gasteiger partial charge on any atom is -0.305 e. The Balaban J connectivity index is 1.66. The number of nitrogens with one attached hydrogen (secondary N) is 1. The van der Waals surface area contributed by atoms with Gasteiger partial charge in [-0.2, -0.15) is 0 Å². The molecular weight excluding hydrogens is 374 g/mol. The number of rotatable bonds is 4. The van der Waals surface area contributed by atoms with Crippen molar-refractivity contribution in [3.63, 3.8) is 0 Å². The topological polar surface area (TPSA) is 54.4 Å². The second-order valence-electron chi connectivity index (χ2n) is 6.29. The fourth-order valence-corrected chi connectivity index (χ4v) is 4.67. The molecule has 3 aromatic rings. The zero-order valence-corrected chi connectivity index (χ0v) is 16.6. The summed E-state index contributed by atoms with van der Waals surface area (Å²) in [5, 5.41) is 4.55. The summed E-state index contributed by atoms with van der Waals surface area (Å²) in [5.41, 5.74) is 4.18. The van der Waals surface area contributed by atoms with Crippen molar-refractivity contribution in [1.29, 1.82) is 0 Å². The predicted molar refractivity (Wildman–Crippen MR) is 114 cm³/mol. The molecule has 0 saturated heterocycles. The summed E-state index contributed by atoms with van der Waals surface area (Å²) in [4.78, 5) is 22.7. The van der Waals surface area contributed by atoms with E-state index in [0.717, 1.165) is 44.2 Å². The fourth-order valence-electron chi connectivity index (χ4n) is 2.83. The average Bonchev–Trinajstić information content (AvgIpc) is 3.33. The van der Waals surface area contributed by atoms with Crippen LogP contribution in [0.5, 0.6) is 0 Å². The van der Waals surface area contributed by atoms with Gasteiger partial charge in [-0.1, -0.05) is 71.9 Å². The van der Waals surface area contributed by atoms with Crippen LogP contribution in [-0.4, -0.2) is 28.4 Å². The zero-order chi connectivity index (χ0) is 18.6. The van der Waals surface area contributed by atoms with E-state index in [1.165, 1.54) is 5.56 Å². The first kappa shape index (κ1) is 17.9. The van der Waals surface area contributed by atoms with E-state index in [1.54, 1.807) is 23.1 Å². The van der Waals surface area contributed by atoms with Crippen LogP contribution in [0.1, 0.15) is 11.3 Å². The van der Waals surface area contributed by atoms with Crippen molar-refractivity contribution in [2.24, 2.45) is 4.99 Å². The molecule has 0 radical (unpaired) electrons. The molecule has 1 N–H and O–H groups in total. The van der Waals surface area contributed by atoms with Gasteiger partial charge in [-0.25, -0.2) is 4.98 Å². The third-order valence-electron chi connectivity index (χ3n) is 4.19. The Kier molecular flexibility index (Phi) is 5.36. The molecule has 27 heavy (non-hydrogen) atoms. The number of carbonyl (C=O) groups is 1. The van der Waals surface area contributed by atoms with Crippen LogP contribution < -0.4 is 5.32 Å². The number of hydrogen-bond acceptors (Lipinski definition) is 5. The molecule has 2 aromatic carbocycles. The van der Waals surface area contributed by atoms with Crippen LogP contribution in [0, 0.1) is 6.92 Å². The number of aromatic nitrogens is 1. The summed E-state index contributed by atoms with van der Waals surface area (Å²) < 4.78 is 0. The fraction of sp³-hybridized carbons (Fsp3) is 0.190. The Bertz CT molecular complexity index is 978. The van der Waals surface area contributed by atoms with E-state index in [-0.39, 0.29) is 12.3 Å². The normalized spacial score (nSPS) is 13.4. The standard InChI is InChI=1S/C21H19N3OS2/c1-14-7-9-15(10-8-14)19-17(13-18(25)24-21-22-11-12-26-21)23-20(27-19)16-5-3-2-4-6-16/h2-10H,11-13H2,1H3,(H,22,24,25). The molecule has 0 fully saturated rings. The van der Waals surface area contributed by atoms with Gasteiger partial charge in [0, 0.05) is 11.3 Å². The molecule has 4 nitrogen and oxygen atoms in total. The van der Waals surface area contributed by atoms with Crippen molar-refractivity contribution in [1.82, 2.24) is 10.3 Å². The molecule has 0 atom stereocenters. The van der Waals surface area contributed by atoms with E-state index in [0.29, 0.717) is 0 Å². The van der Waals surface area contributed by atoms with Crippen LogP contribution in [0.3, 0.4) is 0 Å². The van der Waals surface area contributed by atoms with Gasteiger partial charge in [0.25, 0.3) is 0 Å². The minimum atomic E-state index is -0.0681. The van der Waals surface area contributed by atoms with E-state index in [4.69, 9.17) is 4.98 Å². The van der Waals surface area contributed by atoms with E-state index in [1.807, 2.05) is 30.3 Å². The minimum absolute atomic E-state index is 0.0681. The van der Waals surface area contributed by atoms with Crippen LogP contribution in [0.4, 0.5) is 0 Å². The number of amidine groups is 1. The largest absolute Gasteiger partial charge is 0.305 e. The Morgan fingerprint density at radius 2 is 1.85 bits per heavy atom. The first-order valence-electron chi connectivity index (χ1n) is 8.78. The molecule has 0 spiro atoms. The van der Waals surface area contributed by atoms with Crippen molar-refractivity contribution >= 4 is 34.2 Å². The molecule has 0 bridgehead atoms. The monoisotopic (exact) mass is 393 g/mol. The highest BCUT2D eigenvalue weighted by molar-refractivity contribution is 8.14. The Hall–Kier alpha value is -2.44. The predicted octanol–water partition coefficient (Wildman–Crippen LogP) is 4.55. The van der Waals surface area contributed by atoms with E-state index < -0.39 is 0 Å². The average molecular weight is 394 g/mol. The Labute approximate surface area is 166 Å². The quantitative estimate of drug-likeness (QED) is 0.708. The maximum atomic E-state index is 12.5. The number of hydrogen-bond donors (Lipinski definition) is 1. The summed E-state index contributed by atoms with van der Waals surface area (Å²) in [7, 11) is 0.